The Labute approximate surface area is 154 Å². The first-order valence-electron chi connectivity index (χ1n) is 8.13. The normalized spacial score (nSPS) is 17.1. The van der Waals surface area contributed by atoms with Gasteiger partial charge >= 0.3 is 6.18 Å². The summed E-state index contributed by atoms with van der Waals surface area (Å²) >= 11 is 5.89. The quantitative estimate of drug-likeness (QED) is 0.849. The molecule has 1 saturated heterocycles. The lowest BCUT2D eigenvalue weighted by molar-refractivity contribution is -0.142. The number of rotatable bonds is 4. The fourth-order valence-corrected chi connectivity index (χ4v) is 3.03. The van der Waals surface area contributed by atoms with Crippen LogP contribution in [0.2, 0.25) is 5.02 Å². The van der Waals surface area contributed by atoms with Crippen LogP contribution < -0.4 is 5.32 Å². The average Bonchev–Trinajstić information content (AvgIpc) is 2.61. The number of anilines is 2. The van der Waals surface area contributed by atoms with Gasteiger partial charge in [0.25, 0.3) is 0 Å². The van der Waals surface area contributed by atoms with Crippen LogP contribution in [0.1, 0.15) is 24.2 Å². The van der Waals surface area contributed by atoms with Gasteiger partial charge in [-0.1, -0.05) is 17.7 Å². The zero-order chi connectivity index (χ0) is 18.7. The van der Waals surface area contributed by atoms with Gasteiger partial charge in [-0.2, -0.15) is 13.2 Å². The van der Waals surface area contributed by atoms with Crippen LogP contribution >= 0.6 is 11.6 Å². The highest BCUT2D eigenvalue weighted by atomic mass is 35.5. The van der Waals surface area contributed by atoms with Crippen molar-refractivity contribution in [2.45, 2.75) is 19.1 Å². The van der Waals surface area contributed by atoms with Crippen molar-refractivity contribution >= 4 is 23.2 Å². The van der Waals surface area contributed by atoms with Crippen LogP contribution in [0, 0.1) is 0 Å². The van der Waals surface area contributed by atoms with Crippen LogP contribution in [0.15, 0.2) is 30.5 Å². The monoisotopic (exact) mass is 386 g/mol. The zero-order valence-corrected chi connectivity index (χ0v) is 14.8. The molecule has 1 unspecified atom stereocenters. The second kappa shape index (κ2) is 7.77. The Morgan fingerprint density at radius 1 is 1.27 bits per heavy atom. The lowest BCUT2D eigenvalue weighted by Gasteiger charge is -2.33. The molecule has 0 spiro atoms. The second-order valence-corrected chi connectivity index (χ2v) is 6.39. The molecule has 0 aliphatic carbocycles. The topological polar surface area (TPSA) is 50.3 Å². The van der Waals surface area contributed by atoms with Gasteiger partial charge in [-0.25, -0.2) is 9.97 Å². The summed E-state index contributed by atoms with van der Waals surface area (Å²) in [4.78, 5) is 9.74. The Bertz CT molecular complexity index is 766. The van der Waals surface area contributed by atoms with Gasteiger partial charge in [-0.05, 0) is 25.1 Å². The fraction of sp³-hybridized carbons (Fsp3) is 0.412. The molecule has 0 saturated carbocycles. The lowest BCUT2D eigenvalue weighted by atomic mass is 10.1. The van der Waals surface area contributed by atoms with Crippen molar-refractivity contribution in [3.05, 3.63) is 46.7 Å². The van der Waals surface area contributed by atoms with Gasteiger partial charge in [0.2, 0.25) is 5.95 Å². The molecule has 0 bridgehead atoms. The molecule has 1 aromatic carbocycles. The van der Waals surface area contributed by atoms with Crippen LogP contribution in [0.5, 0.6) is 0 Å². The summed E-state index contributed by atoms with van der Waals surface area (Å²) in [6, 6.07) is 6.15. The molecular formula is C17H18ClF3N4O. The van der Waals surface area contributed by atoms with Crippen LogP contribution in [0.4, 0.5) is 24.8 Å². The van der Waals surface area contributed by atoms with Crippen LogP contribution in [0.3, 0.4) is 0 Å². The fourth-order valence-electron chi connectivity index (χ4n) is 2.84. The molecule has 1 N–H and O–H groups in total. The van der Waals surface area contributed by atoms with Crippen molar-refractivity contribution < 1.29 is 17.9 Å². The van der Waals surface area contributed by atoms with Gasteiger partial charge in [-0.3, -0.25) is 4.90 Å². The molecule has 1 aliphatic rings. The summed E-state index contributed by atoms with van der Waals surface area (Å²) in [6.07, 6.45) is -3.34. The molecule has 0 amide bonds. The first-order valence-corrected chi connectivity index (χ1v) is 8.51. The Hall–Kier alpha value is -1.90. The predicted molar refractivity (Wildman–Crippen MR) is 92.6 cm³/mol. The zero-order valence-electron chi connectivity index (χ0n) is 14.1. The van der Waals surface area contributed by atoms with E-state index in [0.29, 0.717) is 37.0 Å². The molecule has 0 radical (unpaired) electrons. The number of benzene rings is 1. The summed E-state index contributed by atoms with van der Waals surface area (Å²) < 4.78 is 46.0. The van der Waals surface area contributed by atoms with E-state index in [2.05, 4.69) is 15.3 Å². The lowest BCUT2D eigenvalue weighted by Crippen LogP contribution is -2.38. The number of nitrogens with one attached hydrogen (secondary N) is 1. The van der Waals surface area contributed by atoms with Gasteiger partial charge in [0, 0.05) is 41.6 Å². The number of hydrogen-bond acceptors (Lipinski definition) is 5. The van der Waals surface area contributed by atoms with Crippen molar-refractivity contribution in [1.82, 2.24) is 14.9 Å². The Morgan fingerprint density at radius 2 is 2.00 bits per heavy atom. The molecule has 2 aromatic rings. The molecule has 1 aromatic heterocycles. The van der Waals surface area contributed by atoms with Crippen LogP contribution in [-0.2, 0) is 10.9 Å². The minimum Gasteiger partial charge on any atom is -0.379 e. The Balaban J connectivity index is 1.90. The number of alkyl halides is 3. The van der Waals surface area contributed by atoms with Crippen molar-refractivity contribution in [2.24, 2.45) is 0 Å². The molecule has 9 heteroatoms. The maximum atomic E-state index is 13.6. The number of halogens is 4. The highest BCUT2D eigenvalue weighted by Gasteiger charge is 2.38. The summed E-state index contributed by atoms with van der Waals surface area (Å²) in [5, 5.41) is 3.22. The number of ether oxygens (including phenoxy) is 1. The molecular weight excluding hydrogens is 369 g/mol. The standard InChI is InChI=1S/C17H18ClF3N4O/c1-11(25-5-7-26-8-6-25)14-10-22-16(24-15(14)17(19,20)21)23-13-4-2-3-12(18)9-13/h2-4,9-11H,5-8H2,1H3,(H,22,23,24). The van der Waals surface area contributed by atoms with E-state index >= 15 is 0 Å². The van der Waals surface area contributed by atoms with E-state index in [-0.39, 0.29) is 11.5 Å². The number of aromatic nitrogens is 2. The first-order chi connectivity index (χ1) is 12.3. The van der Waals surface area contributed by atoms with Crippen LogP contribution in [-0.4, -0.2) is 41.2 Å². The highest BCUT2D eigenvalue weighted by Crippen LogP contribution is 2.35. The molecule has 140 valence electrons. The summed E-state index contributed by atoms with van der Waals surface area (Å²) in [7, 11) is 0. The third kappa shape index (κ3) is 4.44. The summed E-state index contributed by atoms with van der Waals surface area (Å²) in [5.74, 6) is -0.127. The van der Waals surface area contributed by atoms with E-state index in [9.17, 15) is 13.2 Å². The van der Waals surface area contributed by atoms with E-state index in [0.717, 1.165) is 0 Å². The van der Waals surface area contributed by atoms with E-state index in [1.54, 1.807) is 31.2 Å². The van der Waals surface area contributed by atoms with Gasteiger partial charge in [0.05, 0.1) is 13.2 Å². The third-order valence-corrected chi connectivity index (χ3v) is 4.44. The minimum atomic E-state index is -4.58. The Morgan fingerprint density at radius 3 is 2.65 bits per heavy atom. The van der Waals surface area contributed by atoms with Crippen LogP contribution in [0.25, 0.3) is 0 Å². The number of nitrogens with zero attached hydrogens (tertiary/aromatic N) is 3. The van der Waals surface area contributed by atoms with Gasteiger partial charge in [-0.15, -0.1) is 0 Å². The van der Waals surface area contributed by atoms with Gasteiger partial charge in [0.1, 0.15) is 0 Å². The Kier molecular flexibility index (Phi) is 5.64. The summed E-state index contributed by atoms with van der Waals surface area (Å²) in [6.45, 7) is 3.87. The van der Waals surface area contributed by atoms with Gasteiger partial charge in [0.15, 0.2) is 5.69 Å². The number of morpholine rings is 1. The molecule has 3 rings (SSSR count). The smallest absolute Gasteiger partial charge is 0.379 e. The highest BCUT2D eigenvalue weighted by molar-refractivity contribution is 6.30. The molecule has 1 fully saturated rings. The minimum absolute atomic E-state index is 0.0519. The largest absolute Gasteiger partial charge is 0.433 e. The average molecular weight is 387 g/mol. The third-order valence-electron chi connectivity index (χ3n) is 4.21. The van der Waals surface area contributed by atoms with E-state index in [4.69, 9.17) is 16.3 Å². The second-order valence-electron chi connectivity index (χ2n) is 5.95. The van der Waals surface area contributed by atoms with E-state index < -0.39 is 17.9 Å². The van der Waals surface area contributed by atoms with E-state index in [1.807, 2.05) is 4.90 Å². The van der Waals surface area contributed by atoms with Crippen molar-refractivity contribution in [3.63, 3.8) is 0 Å². The molecule has 26 heavy (non-hydrogen) atoms. The summed E-state index contributed by atoms with van der Waals surface area (Å²) in [5.41, 5.74) is -0.369. The van der Waals surface area contributed by atoms with Crippen molar-refractivity contribution in [1.29, 1.82) is 0 Å². The van der Waals surface area contributed by atoms with Gasteiger partial charge < -0.3 is 10.1 Å². The molecule has 1 atom stereocenters. The van der Waals surface area contributed by atoms with Crippen molar-refractivity contribution in [2.75, 3.05) is 31.6 Å². The molecule has 1 aliphatic heterocycles. The predicted octanol–water partition coefficient (Wildman–Crippen LogP) is 4.29. The SMILES string of the molecule is CC(c1cnc(Nc2cccc(Cl)c2)nc1C(F)(F)F)N1CCOCC1. The van der Waals surface area contributed by atoms with Crippen molar-refractivity contribution in [3.8, 4) is 0 Å². The first kappa shape index (κ1) is 18.9. The number of hydrogen-bond donors (Lipinski definition) is 1. The molecule has 2 heterocycles. The van der Waals surface area contributed by atoms with E-state index in [1.165, 1.54) is 6.20 Å². The maximum absolute atomic E-state index is 13.6. The molecule has 5 nitrogen and oxygen atoms in total. The maximum Gasteiger partial charge on any atom is 0.433 e.